The number of fused-ring (bicyclic) bond motifs is 1. The molecule has 3 aromatic rings. The van der Waals surface area contributed by atoms with E-state index in [4.69, 9.17) is 5.73 Å². The molecule has 0 aliphatic carbocycles. The van der Waals surface area contributed by atoms with E-state index in [1.165, 1.54) is 34.4 Å². The number of rotatable bonds is 6. The Morgan fingerprint density at radius 3 is 2.43 bits per heavy atom. The summed E-state index contributed by atoms with van der Waals surface area (Å²) >= 11 is 1.21. The van der Waals surface area contributed by atoms with E-state index in [-0.39, 0.29) is 54.0 Å². The first-order chi connectivity index (χ1) is 16.4. The van der Waals surface area contributed by atoms with Gasteiger partial charge in [-0.15, -0.1) is 0 Å². The van der Waals surface area contributed by atoms with E-state index in [9.17, 15) is 31.5 Å². The van der Waals surface area contributed by atoms with E-state index < -0.39 is 28.0 Å². The number of para-hydroxylation sites is 1. The Morgan fingerprint density at radius 2 is 1.80 bits per heavy atom. The average molecular weight is 528 g/mol. The number of aliphatic hydroxyl groups is 1. The van der Waals surface area contributed by atoms with Gasteiger partial charge >= 0.3 is 6.18 Å². The van der Waals surface area contributed by atoms with Crippen LogP contribution in [0.15, 0.2) is 47.4 Å². The minimum Gasteiger partial charge on any atom is -0.390 e. The fourth-order valence-corrected chi connectivity index (χ4v) is 6.51. The molecule has 4 rings (SSSR count). The number of alkyl halides is 3. The summed E-state index contributed by atoms with van der Waals surface area (Å²) in [6.07, 6.45) is -5.65. The summed E-state index contributed by atoms with van der Waals surface area (Å²) in [6.45, 7) is 0.286. The largest absolute Gasteiger partial charge is 0.390 e. The van der Waals surface area contributed by atoms with Crippen molar-refractivity contribution in [1.82, 2.24) is 9.88 Å². The van der Waals surface area contributed by atoms with Crippen LogP contribution in [0.2, 0.25) is 0 Å². The highest BCUT2D eigenvalue weighted by Gasteiger charge is 2.38. The molecule has 1 aromatic heterocycles. The number of carbonyl (C=O) groups is 1. The average Bonchev–Trinajstić information content (AvgIpc) is 3.18. The Morgan fingerprint density at radius 1 is 1.14 bits per heavy atom. The van der Waals surface area contributed by atoms with E-state index in [1.54, 1.807) is 24.3 Å². The highest BCUT2D eigenvalue weighted by Crippen LogP contribution is 2.33. The van der Waals surface area contributed by atoms with E-state index in [0.717, 1.165) is 0 Å². The van der Waals surface area contributed by atoms with Gasteiger partial charge in [0, 0.05) is 25.1 Å². The lowest BCUT2D eigenvalue weighted by molar-refractivity contribution is -0.150. The first-order valence-electron chi connectivity index (χ1n) is 10.9. The summed E-state index contributed by atoms with van der Waals surface area (Å²) in [5, 5.41) is 10.7. The smallest absolute Gasteiger partial charge is 0.389 e. The summed E-state index contributed by atoms with van der Waals surface area (Å²) in [5.74, 6) is -0.603. The number of piperidine rings is 1. The summed E-state index contributed by atoms with van der Waals surface area (Å²) < 4.78 is 64.2. The molecule has 0 unspecified atom stereocenters. The van der Waals surface area contributed by atoms with Gasteiger partial charge in [-0.1, -0.05) is 29.5 Å². The standard InChI is InChI=1S/C23H24F3N3O4S2/c24-23(25,26)9-8-22(31)10-12-29(13-11-22)20(30)16-6-4-15(5-7-16)14-35(32,33)18-3-1-2-17-19(18)28-21(27)34-17/h1-7,31H,8-14H2,(H2,27,28). The maximum absolute atomic E-state index is 13.0. The van der Waals surface area contributed by atoms with Gasteiger partial charge in [-0.25, -0.2) is 13.4 Å². The molecule has 35 heavy (non-hydrogen) atoms. The molecule has 1 saturated heterocycles. The maximum atomic E-state index is 13.0. The lowest BCUT2D eigenvalue weighted by atomic mass is 9.86. The Balaban J connectivity index is 1.40. The zero-order valence-electron chi connectivity index (χ0n) is 18.6. The summed E-state index contributed by atoms with van der Waals surface area (Å²) in [4.78, 5) is 18.5. The molecule has 2 heterocycles. The summed E-state index contributed by atoms with van der Waals surface area (Å²) in [7, 11) is -3.72. The number of likely N-dealkylation sites (tertiary alicyclic amines) is 1. The van der Waals surface area contributed by atoms with Crippen LogP contribution in [0.3, 0.4) is 0 Å². The van der Waals surface area contributed by atoms with Crippen molar-refractivity contribution in [3.8, 4) is 0 Å². The van der Waals surface area contributed by atoms with Crippen LogP contribution in [0.25, 0.3) is 10.2 Å². The third-order valence-electron chi connectivity index (χ3n) is 6.15. The fraction of sp³-hybridized carbons (Fsp3) is 0.391. The second-order valence-corrected chi connectivity index (χ2v) is 11.8. The SMILES string of the molecule is Nc1nc2c(S(=O)(=O)Cc3ccc(C(=O)N4CCC(O)(CCC(F)(F)F)CC4)cc3)cccc2s1. The molecule has 1 aliphatic heterocycles. The first-order valence-corrected chi connectivity index (χ1v) is 13.4. The zero-order valence-corrected chi connectivity index (χ0v) is 20.2. The predicted octanol–water partition coefficient (Wildman–Crippen LogP) is 4.16. The third-order valence-corrected chi connectivity index (χ3v) is 8.71. The van der Waals surface area contributed by atoms with Gasteiger partial charge in [-0.05, 0) is 49.1 Å². The van der Waals surface area contributed by atoms with Crippen molar-refractivity contribution >= 4 is 42.4 Å². The van der Waals surface area contributed by atoms with Crippen molar-refractivity contribution in [1.29, 1.82) is 0 Å². The molecule has 12 heteroatoms. The van der Waals surface area contributed by atoms with E-state index in [1.807, 2.05) is 0 Å². The van der Waals surface area contributed by atoms with Gasteiger partial charge in [-0.2, -0.15) is 13.2 Å². The molecule has 0 radical (unpaired) electrons. The number of nitrogen functional groups attached to an aromatic ring is 1. The molecular weight excluding hydrogens is 503 g/mol. The predicted molar refractivity (Wildman–Crippen MR) is 127 cm³/mol. The van der Waals surface area contributed by atoms with Gasteiger partial charge in [0.1, 0.15) is 5.52 Å². The van der Waals surface area contributed by atoms with Crippen LogP contribution in [0.4, 0.5) is 18.3 Å². The number of sulfone groups is 1. The van der Waals surface area contributed by atoms with Crippen LogP contribution < -0.4 is 5.73 Å². The number of nitrogens with zero attached hydrogens (tertiary/aromatic N) is 2. The second kappa shape index (κ2) is 9.40. The van der Waals surface area contributed by atoms with Crippen LogP contribution in [0.5, 0.6) is 0 Å². The number of hydrogen-bond acceptors (Lipinski definition) is 7. The molecule has 3 N–H and O–H groups in total. The minimum absolute atomic E-state index is 0.0673. The number of halogens is 3. The molecule has 2 aromatic carbocycles. The highest BCUT2D eigenvalue weighted by atomic mass is 32.2. The first kappa shape index (κ1) is 25.4. The molecule has 0 bridgehead atoms. The number of carbonyl (C=O) groups excluding carboxylic acids is 1. The fourth-order valence-electron chi connectivity index (χ4n) is 4.17. The van der Waals surface area contributed by atoms with Crippen LogP contribution in [-0.4, -0.2) is 54.2 Å². The van der Waals surface area contributed by atoms with Crippen LogP contribution in [0.1, 0.15) is 41.6 Å². The molecule has 1 aliphatic rings. The Bertz CT molecular complexity index is 1330. The highest BCUT2D eigenvalue weighted by molar-refractivity contribution is 7.90. The quantitative estimate of drug-likeness (QED) is 0.498. The van der Waals surface area contributed by atoms with Crippen molar-refractivity contribution in [3.63, 3.8) is 0 Å². The topological polar surface area (TPSA) is 114 Å². The zero-order chi connectivity index (χ0) is 25.4. The Kier molecular flexibility index (Phi) is 6.82. The number of amides is 1. The molecule has 1 amide bonds. The van der Waals surface area contributed by atoms with Crippen molar-refractivity contribution < 1.29 is 31.5 Å². The number of thiazole rings is 1. The van der Waals surface area contributed by atoms with Gasteiger partial charge in [-0.3, -0.25) is 4.79 Å². The summed E-state index contributed by atoms with van der Waals surface area (Å²) in [5.41, 5.74) is 5.45. The van der Waals surface area contributed by atoms with Crippen molar-refractivity contribution in [2.24, 2.45) is 0 Å². The van der Waals surface area contributed by atoms with Gasteiger partial charge in [0.15, 0.2) is 15.0 Å². The number of nitrogens with two attached hydrogens (primary N) is 1. The third kappa shape index (κ3) is 5.93. The second-order valence-electron chi connectivity index (χ2n) is 8.74. The van der Waals surface area contributed by atoms with Crippen molar-refractivity contribution in [2.75, 3.05) is 18.8 Å². The minimum atomic E-state index is -4.34. The molecule has 7 nitrogen and oxygen atoms in total. The normalized spacial score (nSPS) is 16.5. The van der Waals surface area contributed by atoms with Gasteiger partial charge in [0.2, 0.25) is 0 Å². The maximum Gasteiger partial charge on any atom is 0.389 e. The van der Waals surface area contributed by atoms with Gasteiger partial charge in [0.25, 0.3) is 5.91 Å². The van der Waals surface area contributed by atoms with E-state index >= 15 is 0 Å². The number of anilines is 1. The van der Waals surface area contributed by atoms with Gasteiger partial charge in [0.05, 0.1) is 20.9 Å². The van der Waals surface area contributed by atoms with Crippen molar-refractivity contribution in [2.45, 2.75) is 48.1 Å². The molecule has 0 spiro atoms. The molecule has 188 valence electrons. The Labute approximate surface area is 204 Å². The number of hydrogen-bond donors (Lipinski definition) is 2. The molecule has 0 atom stereocenters. The molecule has 1 fully saturated rings. The lowest BCUT2D eigenvalue weighted by Gasteiger charge is -2.38. The Hall–Kier alpha value is -2.70. The number of benzene rings is 2. The van der Waals surface area contributed by atoms with Gasteiger partial charge < -0.3 is 15.7 Å². The van der Waals surface area contributed by atoms with Crippen LogP contribution >= 0.6 is 11.3 Å². The summed E-state index contributed by atoms with van der Waals surface area (Å²) in [6, 6.07) is 11.0. The van der Waals surface area contributed by atoms with Crippen LogP contribution in [-0.2, 0) is 15.6 Å². The lowest BCUT2D eigenvalue weighted by Crippen LogP contribution is -2.47. The van der Waals surface area contributed by atoms with E-state index in [0.29, 0.717) is 21.3 Å². The van der Waals surface area contributed by atoms with Crippen molar-refractivity contribution in [3.05, 3.63) is 53.6 Å². The molecule has 0 saturated carbocycles. The molecular formula is C23H24F3N3O4S2. The monoisotopic (exact) mass is 527 g/mol. The van der Waals surface area contributed by atoms with Crippen LogP contribution in [0, 0.1) is 0 Å². The number of aromatic nitrogens is 1. The van der Waals surface area contributed by atoms with E-state index in [2.05, 4.69) is 4.98 Å².